The molecule has 2 heterocycles. The van der Waals surface area contributed by atoms with E-state index in [2.05, 4.69) is 36.6 Å². The van der Waals surface area contributed by atoms with Crippen molar-refractivity contribution in [1.29, 1.82) is 0 Å². The molecule has 1 aromatic carbocycles. The first-order valence-corrected chi connectivity index (χ1v) is 8.84. The molecule has 25 heavy (non-hydrogen) atoms. The molecule has 1 aromatic rings. The van der Waals surface area contributed by atoms with E-state index in [4.69, 9.17) is 0 Å². The van der Waals surface area contributed by atoms with Gasteiger partial charge in [-0.1, -0.05) is 38.1 Å². The lowest BCUT2D eigenvalue weighted by atomic mass is 9.68. The highest BCUT2D eigenvalue weighted by Gasteiger charge is 2.52. The van der Waals surface area contributed by atoms with Crippen LogP contribution in [0.4, 0.5) is 4.79 Å². The first kappa shape index (κ1) is 16.1. The molecular weight excluding hydrogens is 318 g/mol. The average Bonchev–Trinajstić information content (AvgIpc) is 3.11. The van der Waals surface area contributed by atoms with Gasteiger partial charge in [-0.3, -0.25) is 14.9 Å². The van der Waals surface area contributed by atoms with Gasteiger partial charge in [0, 0.05) is 6.54 Å². The molecule has 3 aliphatic rings. The van der Waals surface area contributed by atoms with Crippen LogP contribution >= 0.6 is 0 Å². The highest BCUT2D eigenvalue weighted by Crippen LogP contribution is 2.43. The summed E-state index contributed by atoms with van der Waals surface area (Å²) < 4.78 is 0. The Kier molecular flexibility index (Phi) is 3.42. The molecule has 0 unspecified atom stereocenters. The molecule has 6 heteroatoms. The summed E-state index contributed by atoms with van der Waals surface area (Å²) in [6, 6.07) is 7.71. The summed E-state index contributed by atoms with van der Waals surface area (Å²) >= 11 is 0. The number of amides is 4. The van der Waals surface area contributed by atoms with Gasteiger partial charge in [-0.05, 0) is 35.8 Å². The lowest BCUT2D eigenvalue weighted by molar-refractivity contribution is -0.132. The number of urea groups is 1. The number of benzene rings is 1. The monoisotopic (exact) mass is 341 g/mol. The van der Waals surface area contributed by atoms with E-state index in [0.29, 0.717) is 13.0 Å². The van der Waals surface area contributed by atoms with Crippen LogP contribution in [0, 0.1) is 0 Å². The summed E-state index contributed by atoms with van der Waals surface area (Å²) in [5.74, 6) is -0.425. The number of fused-ring (bicyclic) bond motifs is 1. The average molecular weight is 341 g/mol. The molecule has 4 amide bonds. The Morgan fingerprint density at radius 2 is 1.96 bits per heavy atom. The van der Waals surface area contributed by atoms with Crippen LogP contribution in [0.25, 0.3) is 0 Å². The molecule has 6 nitrogen and oxygen atoms in total. The zero-order valence-corrected chi connectivity index (χ0v) is 14.6. The largest absolute Gasteiger partial charge is 0.339 e. The lowest BCUT2D eigenvalue weighted by Crippen LogP contribution is -2.50. The topological polar surface area (TPSA) is 78.5 Å². The van der Waals surface area contributed by atoms with Gasteiger partial charge in [0.1, 0.15) is 5.54 Å². The maximum atomic E-state index is 13.2. The molecule has 2 aliphatic heterocycles. The van der Waals surface area contributed by atoms with Gasteiger partial charge >= 0.3 is 6.03 Å². The molecule has 2 saturated heterocycles. The summed E-state index contributed by atoms with van der Waals surface area (Å²) in [6.45, 7) is 5.19. The molecule has 1 spiro atoms. The number of carbonyl (C=O) groups is 3. The zero-order valence-electron chi connectivity index (χ0n) is 14.6. The van der Waals surface area contributed by atoms with Crippen molar-refractivity contribution in [3.8, 4) is 0 Å². The molecule has 2 fully saturated rings. The van der Waals surface area contributed by atoms with Crippen molar-refractivity contribution in [1.82, 2.24) is 15.5 Å². The summed E-state index contributed by atoms with van der Waals surface area (Å²) in [7, 11) is 0. The number of likely N-dealkylation sites (tertiary alicyclic amines) is 1. The fourth-order valence-electron chi connectivity index (χ4n) is 4.50. The van der Waals surface area contributed by atoms with Crippen molar-refractivity contribution in [3.63, 3.8) is 0 Å². The predicted octanol–water partition coefficient (Wildman–Crippen LogP) is 1.65. The molecule has 132 valence electrons. The second-order valence-electron chi connectivity index (χ2n) is 8.06. The van der Waals surface area contributed by atoms with Crippen LogP contribution in [0.3, 0.4) is 0 Å². The lowest BCUT2D eigenvalue weighted by Gasteiger charge is -2.37. The summed E-state index contributed by atoms with van der Waals surface area (Å²) in [5, 5.41) is 4.99. The molecule has 2 N–H and O–H groups in total. The second kappa shape index (κ2) is 5.31. The minimum absolute atomic E-state index is 0.0637. The number of nitrogens with one attached hydrogen (secondary N) is 2. The number of carbonyl (C=O) groups excluding carboxylic acids is 3. The van der Waals surface area contributed by atoms with Gasteiger partial charge in [-0.2, -0.15) is 0 Å². The Balaban J connectivity index is 1.59. The Morgan fingerprint density at radius 3 is 2.68 bits per heavy atom. The van der Waals surface area contributed by atoms with Crippen molar-refractivity contribution < 1.29 is 14.4 Å². The van der Waals surface area contributed by atoms with Crippen LogP contribution in [0.2, 0.25) is 0 Å². The maximum absolute atomic E-state index is 13.2. The molecule has 0 aromatic heterocycles. The predicted molar refractivity (Wildman–Crippen MR) is 92.0 cm³/mol. The van der Waals surface area contributed by atoms with Gasteiger partial charge in [0.2, 0.25) is 5.91 Å². The van der Waals surface area contributed by atoms with Crippen molar-refractivity contribution >= 4 is 17.8 Å². The van der Waals surface area contributed by atoms with E-state index in [1.54, 1.807) is 4.90 Å². The van der Waals surface area contributed by atoms with Gasteiger partial charge in [-0.15, -0.1) is 0 Å². The van der Waals surface area contributed by atoms with E-state index >= 15 is 0 Å². The van der Waals surface area contributed by atoms with E-state index in [1.165, 1.54) is 5.56 Å². The summed E-state index contributed by atoms with van der Waals surface area (Å²) in [5.41, 5.74) is 1.46. The van der Waals surface area contributed by atoms with E-state index in [-0.39, 0.29) is 29.7 Å². The number of hydrogen-bond donors (Lipinski definition) is 2. The van der Waals surface area contributed by atoms with Crippen LogP contribution in [-0.2, 0) is 15.0 Å². The Morgan fingerprint density at radius 1 is 1.20 bits per heavy atom. The van der Waals surface area contributed by atoms with Crippen molar-refractivity contribution in [2.24, 2.45) is 0 Å². The van der Waals surface area contributed by atoms with E-state index < -0.39 is 11.6 Å². The highest BCUT2D eigenvalue weighted by atomic mass is 16.2. The third-order valence-corrected chi connectivity index (χ3v) is 6.02. The van der Waals surface area contributed by atoms with E-state index in [0.717, 1.165) is 18.4 Å². The molecule has 2 atom stereocenters. The number of rotatable bonds is 1. The molecule has 0 bridgehead atoms. The third-order valence-electron chi connectivity index (χ3n) is 6.02. The summed E-state index contributed by atoms with van der Waals surface area (Å²) in [6.07, 6.45) is 2.23. The Labute approximate surface area is 147 Å². The quantitative estimate of drug-likeness (QED) is 0.763. The molecule has 1 aliphatic carbocycles. The smallest absolute Gasteiger partial charge is 0.322 e. The first-order chi connectivity index (χ1) is 11.8. The van der Waals surface area contributed by atoms with E-state index in [1.807, 2.05) is 12.1 Å². The third kappa shape index (κ3) is 2.42. The van der Waals surface area contributed by atoms with Gasteiger partial charge < -0.3 is 10.2 Å². The van der Waals surface area contributed by atoms with Crippen molar-refractivity contribution in [3.05, 3.63) is 35.4 Å². The highest BCUT2D eigenvalue weighted by molar-refractivity contribution is 6.07. The minimum atomic E-state index is -0.944. The minimum Gasteiger partial charge on any atom is -0.339 e. The second-order valence-corrected chi connectivity index (χ2v) is 8.06. The van der Waals surface area contributed by atoms with Gasteiger partial charge in [-0.25, -0.2) is 4.79 Å². The van der Waals surface area contributed by atoms with Gasteiger partial charge in [0.15, 0.2) is 0 Å². The van der Waals surface area contributed by atoms with Crippen LogP contribution in [0.5, 0.6) is 0 Å². The van der Waals surface area contributed by atoms with Crippen LogP contribution in [0.1, 0.15) is 50.2 Å². The summed E-state index contributed by atoms with van der Waals surface area (Å²) in [4.78, 5) is 38.5. The van der Waals surface area contributed by atoms with Crippen molar-refractivity contribution in [2.45, 2.75) is 50.0 Å². The van der Waals surface area contributed by atoms with E-state index in [9.17, 15) is 14.4 Å². The molecule has 0 radical (unpaired) electrons. The van der Waals surface area contributed by atoms with Gasteiger partial charge in [0.25, 0.3) is 5.91 Å². The standard InChI is InChI=1S/C19H23N3O3/c1-18(2)8-7-13(12-5-3-4-6-14(12)18)15(23)22-10-9-19(11-22)16(24)20-17(25)21-19/h3-6,13H,7-11H2,1-2H3,(H2,20,21,24,25)/t13-,19-/m0/s1. The molecular formula is C19H23N3O3. The fraction of sp³-hybridized carbons (Fsp3) is 0.526. The Hall–Kier alpha value is -2.37. The fourth-order valence-corrected chi connectivity index (χ4v) is 4.50. The normalized spacial score (nSPS) is 30.2. The first-order valence-electron chi connectivity index (χ1n) is 8.84. The molecule has 0 saturated carbocycles. The molecule has 4 rings (SSSR count). The zero-order chi connectivity index (χ0) is 17.8. The van der Waals surface area contributed by atoms with Crippen LogP contribution < -0.4 is 10.6 Å². The number of nitrogens with zero attached hydrogens (tertiary/aromatic N) is 1. The van der Waals surface area contributed by atoms with Crippen molar-refractivity contribution in [2.75, 3.05) is 13.1 Å². The number of hydrogen-bond acceptors (Lipinski definition) is 3. The van der Waals surface area contributed by atoms with Gasteiger partial charge in [0.05, 0.1) is 12.5 Å². The SMILES string of the molecule is CC1(C)CC[C@H](C(=O)N2CC[C@@]3(C2)NC(=O)NC3=O)c2ccccc21. The maximum Gasteiger partial charge on any atom is 0.322 e. The number of imide groups is 1. The Bertz CT molecular complexity index is 773. The van der Waals surface area contributed by atoms with Crippen LogP contribution in [-0.4, -0.2) is 41.4 Å². The van der Waals surface area contributed by atoms with Crippen LogP contribution in [0.15, 0.2) is 24.3 Å².